The number of hydrogen-bond donors (Lipinski definition) is 2. The van der Waals surface area contributed by atoms with Gasteiger partial charge in [-0.15, -0.1) is 0 Å². The van der Waals surface area contributed by atoms with Crippen LogP contribution in [0.2, 0.25) is 0 Å². The van der Waals surface area contributed by atoms with E-state index in [0.29, 0.717) is 38.0 Å². The molecule has 0 fully saturated rings. The molecule has 1 aromatic carbocycles. The van der Waals surface area contributed by atoms with Gasteiger partial charge in [0.05, 0.1) is 5.75 Å². The Morgan fingerprint density at radius 3 is 2.64 bits per heavy atom. The Labute approximate surface area is 132 Å². The number of aryl methyl sites for hydroxylation is 1. The van der Waals surface area contributed by atoms with E-state index in [-0.39, 0.29) is 11.7 Å². The Morgan fingerprint density at radius 2 is 2.00 bits per heavy atom. The number of sulfonamides is 1. The first-order valence-electron chi connectivity index (χ1n) is 7.41. The van der Waals surface area contributed by atoms with Gasteiger partial charge in [0.1, 0.15) is 0 Å². The van der Waals surface area contributed by atoms with Crippen LogP contribution in [0, 0.1) is 0 Å². The highest BCUT2D eigenvalue weighted by Crippen LogP contribution is 2.12. The fourth-order valence-corrected chi connectivity index (χ4v) is 2.84. The molecule has 0 aliphatic heterocycles. The predicted octanol–water partition coefficient (Wildman–Crippen LogP) is 0.989. The number of nitrogens with two attached hydrogens (primary N) is 1. The van der Waals surface area contributed by atoms with Crippen LogP contribution in [0.25, 0.3) is 0 Å². The van der Waals surface area contributed by atoms with Crippen LogP contribution in [0.4, 0.5) is 5.69 Å². The number of nitrogens with one attached hydrogen (secondary N) is 1. The average molecular weight is 327 g/mol. The van der Waals surface area contributed by atoms with Gasteiger partial charge in [0.15, 0.2) is 0 Å². The van der Waals surface area contributed by atoms with Crippen molar-refractivity contribution in [3.05, 3.63) is 29.8 Å². The molecule has 0 saturated carbocycles. The van der Waals surface area contributed by atoms with Crippen molar-refractivity contribution < 1.29 is 13.2 Å². The minimum Gasteiger partial charge on any atom is -0.399 e. The lowest BCUT2D eigenvalue weighted by Gasteiger charge is -2.15. The van der Waals surface area contributed by atoms with Crippen LogP contribution in [0.1, 0.15) is 25.3 Å². The van der Waals surface area contributed by atoms with Crippen molar-refractivity contribution in [1.29, 1.82) is 0 Å². The van der Waals surface area contributed by atoms with Gasteiger partial charge in [-0.2, -0.15) is 0 Å². The number of carbonyl (C=O) groups excluding carboxylic acids is 1. The van der Waals surface area contributed by atoms with Crippen molar-refractivity contribution in [3.63, 3.8) is 0 Å². The summed E-state index contributed by atoms with van der Waals surface area (Å²) in [6.07, 6.45) is 1.56. The third-order valence-corrected chi connectivity index (χ3v) is 5.35. The molecule has 0 aliphatic carbocycles. The zero-order valence-corrected chi connectivity index (χ0v) is 14.0. The van der Waals surface area contributed by atoms with E-state index >= 15 is 0 Å². The first-order valence-corrected chi connectivity index (χ1v) is 9.02. The van der Waals surface area contributed by atoms with Crippen LogP contribution in [0.5, 0.6) is 0 Å². The fraction of sp³-hybridized carbons (Fsp3) is 0.533. The van der Waals surface area contributed by atoms with Crippen molar-refractivity contribution in [3.8, 4) is 0 Å². The van der Waals surface area contributed by atoms with Crippen molar-refractivity contribution in [1.82, 2.24) is 9.62 Å². The van der Waals surface area contributed by atoms with Gasteiger partial charge in [-0.25, -0.2) is 12.7 Å². The third-order valence-electron chi connectivity index (χ3n) is 3.49. The zero-order chi connectivity index (χ0) is 16.6. The van der Waals surface area contributed by atoms with Crippen molar-refractivity contribution in [2.45, 2.75) is 26.2 Å². The number of amides is 1. The van der Waals surface area contributed by atoms with Crippen molar-refractivity contribution in [2.75, 3.05) is 31.6 Å². The van der Waals surface area contributed by atoms with E-state index < -0.39 is 10.0 Å². The van der Waals surface area contributed by atoms with Crippen LogP contribution < -0.4 is 11.1 Å². The molecule has 6 nitrogen and oxygen atoms in total. The predicted molar refractivity (Wildman–Crippen MR) is 88.9 cm³/mol. The number of nitrogen functional groups attached to an aromatic ring is 1. The molecule has 0 unspecified atom stereocenters. The van der Waals surface area contributed by atoms with Gasteiger partial charge < -0.3 is 11.1 Å². The molecule has 0 heterocycles. The van der Waals surface area contributed by atoms with E-state index in [2.05, 4.69) is 5.32 Å². The molecule has 0 spiro atoms. The Bertz CT molecular complexity index is 587. The number of hydrogen-bond acceptors (Lipinski definition) is 4. The van der Waals surface area contributed by atoms with E-state index in [9.17, 15) is 13.2 Å². The largest absolute Gasteiger partial charge is 0.399 e. The van der Waals surface area contributed by atoms with Crippen molar-refractivity contribution in [2.24, 2.45) is 0 Å². The number of nitrogens with zero attached hydrogens (tertiary/aromatic N) is 1. The summed E-state index contributed by atoms with van der Waals surface area (Å²) in [5, 5.41) is 2.80. The lowest BCUT2D eigenvalue weighted by atomic mass is 10.1. The van der Waals surface area contributed by atoms with Gasteiger partial charge in [0.2, 0.25) is 15.9 Å². The lowest BCUT2D eigenvalue weighted by molar-refractivity contribution is -0.121. The summed E-state index contributed by atoms with van der Waals surface area (Å²) in [5.74, 6) is 0.0400. The fourth-order valence-electron chi connectivity index (χ4n) is 1.99. The van der Waals surface area contributed by atoms with Gasteiger partial charge in [-0.3, -0.25) is 4.79 Å². The van der Waals surface area contributed by atoms with E-state index in [0.717, 1.165) is 5.56 Å². The highest BCUT2D eigenvalue weighted by atomic mass is 32.2. The second-order valence-electron chi connectivity index (χ2n) is 5.12. The minimum absolute atomic E-state index is 0.0516. The number of benzene rings is 1. The quantitative estimate of drug-likeness (QED) is 0.522. The first-order chi connectivity index (χ1) is 10.4. The second kappa shape index (κ2) is 8.75. The Balaban J connectivity index is 2.23. The Kier molecular flexibility index (Phi) is 7.34. The molecule has 124 valence electrons. The molecule has 1 rings (SSSR count). The molecule has 0 saturated heterocycles. The summed E-state index contributed by atoms with van der Waals surface area (Å²) >= 11 is 0. The maximum Gasteiger partial charge on any atom is 0.220 e. The number of carbonyl (C=O) groups is 1. The van der Waals surface area contributed by atoms with Crippen LogP contribution in [-0.4, -0.2) is 44.5 Å². The molecule has 3 N–H and O–H groups in total. The minimum atomic E-state index is -3.14. The van der Waals surface area contributed by atoms with Crippen LogP contribution in [0.15, 0.2) is 24.3 Å². The topological polar surface area (TPSA) is 92.5 Å². The zero-order valence-electron chi connectivity index (χ0n) is 13.2. The molecule has 1 amide bonds. The summed E-state index contributed by atoms with van der Waals surface area (Å²) in [5.41, 5.74) is 7.48. The smallest absolute Gasteiger partial charge is 0.220 e. The molecule has 1 aromatic rings. The summed E-state index contributed by atoms with van der Waals surface area (Å²) in [4.78, 5) is 11.7. The lowest BCUT2D eigenvalue weighted by Crippen LogP contribution is -2.32. The Morgan fingerprint density at radius 1 is 1.32 bits per heavy atom. The summed E-state index contributed by atoms with van der Waals surface area (Å²) in [6.45, 7) is 2.48. The second-order valence-corrected chi connectivity index (χ2v) is 7.49. The number of anilines is 1. The standard InChI is InChI=1S/C15H25N3O3S/c1-3-22(20,21)18(2)12-6-11-17-15(19)10-9-13-7-4-5-8-14(13)16/h4-5,7-8H,3,6,9-12,16H2,1-2H3,(H,17,19). The SMILES string of the molecule is CCS(=O)(=O)N(C)CCCNC(=O)CCc1ccccc1N. The monoisotopic (exact) mass is 327 g/mol. The summed E-state index contributed by atoms with van der Waals surface area (Å²) < 4.78 is 24.4. The first kappa shape index (κ1) is 18.4. The van der Waals surface area contributed by atoms with Gasteiger partial charge in [-0.1, -0.05) is 18.2 Å². The van der Waals surface area contributed by atoms with E-state index in [4.69, 9.17) is 5.73 Å². The molecule has 0 aromatic heterocycles. The van der Waals surface area contributed by atoms with E-state index in [1.165, 1.54) is 4.31 Å². The van der Waals surface area contributed by atoms with Gasteiger partial charge in [0, 0.05) is 32.2 Å². The molecule has 0 aliphatic rings. The van der Waals surface area contributed by atoms with Crippen LogP contribution in [-0.2, 0) is 21.2 Å². The normalized spacial score (nSPS) is 11.6. The summed E-state index contributed by atoms with van der Waals surface area (Å²) in [6, 6.07) is 7.48. The Hall–Kier alpha value is -1.60. The van der Waals surface area contributed by atoms with Gasteiger partial charge in [0.25, 0.3) is 0 Å². The average Bonchev–Trinajstić information content (AvgIpc) is 2.50. The molecule has 22 heavy (non-hydrogen) atoms. The van der Waals surface area contributed by atoms with E-state index in [1.807, 2.05) is 24.3 Å². The highest BCUT2D eigenvalue weighted by Gasteiger charge is 2.14. The van der Waals surface area contributed by atoms with Crippen LogP contribution in [0.3, 0.4) is 0 Å². The molecule has 0 atom stereocenters. The van der Waals surface area contributed by atoms with Gasteiger partial charge >= 0.3 is 0 Å². The molecule has 0 radical (unpaired) electrons. The van der Waals surface area contributed by atoms with Gasteiger partial charge in [-0.05, 0) is 31.4 Å². The maximum atomic E-state index is 11.7. The number of rotatable bonds is 9. The summed E-state index contributed by atoms with van der Waals surface area (Å²) in [7, 11) is -1.59. The van der Waals surface area contributed by atoms with Crippen LogP contribution >= 0.6 is 0 Å². The highest BCUT2D eigenvalue weighted by molar-refractivity contribution is 7.89. The molecular formula is C15H25N3O3S. The van der Waals surface area contributed by atoms with Crippen molar-refractivity contribution >= 4 is 21.6 Å². The molecule has 7 heteroatoms. The number of para-hydroxylation sites is 1. The molecular weight excluding hydrogens is 302 g/mol. The van der Waals surface area contributed by atoms with E-state index in [1.54, 1.807) is 14.0 Å². The molecule has 0 bridgehead atoms. The maximum absolute atomic E-state index is 11.7. The third kappa shape index (κ3) is 6.03.